The first-order valence-electron chi connectivity index (χ1n) is 10.3. The summed E-state index contributed by atoms with van der Waals surface area (Å²) in [4.78, 5) is 30.5. The lowest BCUT2D eigenvalue weighted by molar-refractivity contribution is 0.0824. The van der Waals surface area contributed by atoms with E-state index in [-0.39, 0.29) is 11.8 Å². The Morgan fingerprint density at radius 1 is 1.23 bits per heavy atom. The average Bonchev–Trinajstić information content (AvgIpc) is 3.11. The molecule has 2 aromatic heterocycles. The summed E-state index contributed by atoms with van der Waals surface area (Å²) in [6.45, 7) is 5.91. The van der Waals surface area contributed by atoms with Crippen molar-refractivity contribution in [2.75, 3.05) is 40.0 Å². The Bertz CT molecular complexity index is 1120. The molecule has 0 saturated carbocycles. The first-order chi connectivity index (χ1) is 14.3. The first kappa shape index (κ1) is 20.3. The van der Waals surface area contributed by atoms with Crippen LogP contribution in [-0.2, 0) is 0 Å². The number of imidazole rings is 1. The van der Waals surface area contributed by atoms with Crippen molar-refractivity contribution in [3.8, 4) is 5.82 Å². The molecule has 1 amide bonds. The SMILES string of the molecule is Cc1cc2c(ncn2-c2ncnc(N)c2C)c(C2CCCN(C)C2)c1C(=O)N(C)C. The molecule has 1 aliphatic heterocycles. The third kappa shape index (κ3) is 3.31. The minimum Gasteiger partial charge on any atom is -0.383 e. The second kappa shape index (κ2) is 7.68. The van der Waals surface area contributed by atoms with Crippen molar-refractivity contribution in [1.82, 2.24) is 29.3 Å². The van der Waals surface area contributed by atoms with Gasteiger partial charge in [-0.1, -0.05) is 0 Å². The summed E-state index contributed by atoms with van der Waals surface area (Å²) in [6.07, 6.45) is 5.40. The third-order valence-corrected chi connectivity index (χ3v) is 6.05. The number of anilines is 1. The fraction of sp³-hybridized carbons (Fsp3) is 0.455. The maximum absolute atomic E-state index is 13.2. The molecule has 3 aromatic rings. The molecule has 0 aliphatic carbocycles. The molecule has 1 aliphatic rings. The van der Waals surface area contributed by atoms with Gasteiger partial charge in [0.2, 0.25) is 0 Å². The highest BCUT2D eigenvalue weighted by atomic mass is 16.2. The van der Waals surface area contributed by atoms with Crippen molar-refractivity contribution >= 4 is 22.8 Å². The van der Waals surface area contributed by atoms with E-state index in [9.17, 15) is 4.79 Å². The van der Waals surface area contributed by atoms with Gasteiger partial charge < -0.3 is 15.5 Å². The van der Waals surface area contributed by atoms with Crippen LogP contribution in [0.15, 0.2) is 18.7 Å². The number of amides is 1. The van der Waals surface area contributed by atoms with Crippen LogP contribution in [0.5, 0.6) is 0 Å². The minimum atomic E-state index is 0.0228. The highest BCUT2D eigenvalue weighted by Gasteiger charge is 2.30. The number of aromatic nitrogens is 4. The van der Waals surface area contributed by atoms with Gasteiger partial charge in [-0.2, -0.15) is 0 Å². The van der Waals surface area contributed by atoms with Gasteiger partial charge in [-0.15, -0.1) is 0 Å². The van der Waals surface area contributed by atoms with Gasteiger partial charge in [0.15, 0.2) is 0 Å². The first-order valence-corrected chi connectivity index (χ1v) is 10.3. The number of nitrogens with zero attached hydrogens (tertiary/aromatic N) is 6. The summed E-state index contributed by atoms with van der Waals surface area (Å²) >= 11 is 0. The summed E-state index contributed by atoms with van der Waals surface area (Å²) in [6, 6.07) is 2.03. The molecule has 158 valence electrons. The summed E-state index contributed by atoms with van der Waals surface area (Å²) < 4.78 is 1.95. The fourth-order valence-corrected chi connectivity index (χ4v) is 4.48. The molecule has 1 fully saturated rings. The van der Waals surface area contributed by atoms with Crippen LogP contribution in [-0.4, -0.2) is 69.5 Å². The summed E-state index contributed by atoms with van der Waals surface area (Å²) in [5.74, 6) is 1.44. The van der Waals surface area contributed by atoms with E-state index < -0.39 is 0 Å². The zero-order chi connectivity index (χ0) is 21.6. The number of nitrogen functional groups attached to an aromatic ring is 1. The van der Waals surface area contributed by atoms with Gasteiger partial charge in [0, 0.05) is 31.8 Å². The standard InChI is InChI=1S/C22H29N7O/c1-13-9-16-19(26-12-29(16)21-14(2)20(23)24-11-25-21)18(17(13)22(30)27(3)4)15-7-6-8-28(5)10-15/h9,11-12,15H,6-8,10H2,1-5H3,(H2,23,24,25). The quantitative estimate of drug-likeness (QED) is 0.717. The fourth-order valence-electron chi connectivity index (χ4n) is 4.48. The molecular formula is C22H29N7O. The number of hydrogen-bond acceptors (Lipinski definition) is 6. The number of piperidine rings is 1. The smallest absolute Gasteiger partial charge is 0.253 e. The van der Waals surface area contributed by atoms with E-state index in [1.54, 1.807) is 25.3 Å². The normalized spacial score (nSPS) is 17.4. The van der Waals surface area contributed by atoms with Crippen LogP contribution in [0.4, 0.5) is 5.82 Å². The molecule has 4 rings (SSSR count). The van der Waals surface area contributed by atoms with Crippen molar-refractivity contribution in [2.24, 2.45) is 0 Å². The molecule has 0 bridgehead atoms. The summed E-state index contributed by atoms with van der Waals surface area (Å²) in [7, 11) is 5.74. The Morgan fingerprint density at radius 3 is 2.70 bits per heavy atom. The predicted molar refractivity (Wildman–Crippen MR) is 118 cm³/mol. The number of likely N-dealkylation sites (N-methyl/N-ethyl adjacent to an activating group) is 1. The topological polar surface area (TPSA) is 93.2 Å². The number of carbonyl (C=O) groups excluding carboxylic acids is 1. The van der Waals surface area contributed by atoms with E-state index >= 15 is 0 Å². The van der Waals surface area contributed by atoms with Gasteiger partial charge in [-0.25, -0.2) is 15.0 Å². The average molecular weight is 408 g/mol. The van der Waals surface area contributed by atoms with E-state index in [0.717, 1.165) is 59.2 Å². The molecule has 1 atom stereocenters. The van der Waals surface area contributed by atoms with Crippen LogP contribution in [0.1, 0.15) is 45.8 Å². The van der Waals surface area contributed by atoms with Gasteiger partial charge in [0.25, 0.3) is 5.91 Å². The summed E-state index contributed by atoms with van der Waals surface area (Å²) in [5.41, 5.74) is 11.4. The van der Waals surface area contributed by atoms with Crippen LogP contribution < -0.4 is 5.73 Å². The number of fused-ring (bicyclic) bond motifs is 1. The maximum Gasteiger partial charge on any atom is 0.253 e. The molecule has 8 nitrogen and oxygen atoms in total. The molecule has 1 aromatic carbocycles. The lowest BCUT2D eigenvalue weighted by atomic mass is 9.84. The Hall–Kier alpha value is -3.00. The Kier molecular flexibility index (Phi) is 5.19. The second-order valence-corrected chi connectivity index (χ2v) is 8.47. The van der Waals surface area contributed by atoms with Crippen molar-refractivity contribution in [1.29, 1.82) is 0 Å². The number of rotatable bonds is 3. The summed E-state index contributed by atoms with van der Waals surface area (Å²) in [5, 5.41) is 0. The monoisotopic (exact) mass is 407 g/mol. The highest BCUT2D eigenvalue weighted by molar-refractivity contribution is 6.02. The Morgan fingerprint density at radius 2 is 2.00 bits per heavy atom. The molecule has 1 unspecified atom stereocenters. The molecule has 30 heavy (non-hydrogen) atoms. The third-order valence-electron chi connectivity index (χ3n) is 6.05. The van der Waals surface area contributed by atoms with Crippen LogP contribution in [0.25, 0.3) is 16.9 Å². The van der Waals surface area contributed by atoms with E-state index in [1.807, 2.05) is 24.5 Å². The zero-order valence-corrected chi connectivity index (χ0v) is 18.3. The number of hydrogen-bond donors (Lipinski definition) is 1. The molecule has 8 heteroatoms. The largest absolute Gasteiger partial charge is 0.383 e. The van der Waals surface area contributed by atoms with Crippen molar-refractivity contribution < 1.29 is 4.79 Å². The van der Waals surface area contributed by atoms with Gasteiger partial charge >= 0.3 is 0 Å². The van der Waals surface area contributed by atoms with Gasteiger partial charge in [0.1, 0.15) is 24.3 Å². The minimum absolute atomic E-state index is 0.0228. The van der Waals surface area contributed by atoms with Gasteiger partial charge in [0.05, 0.1) is 11.0 Å². The van der Waals surface area contributed by atoms with Gasteiger partial charge in [-0.3, -0.25) is 9.36 Å². The zero-order valence-electron chi connectivity index (χ0n) is 18.3. The van der Waals surface area contributed by atoms with E-state index in [2.05, 4.69) is 21.9 Å². The van der Waals surface area contributed by atoms with Crippen LogP contribution in [0, 0.1) is 13.8 Å². The number of aryl methyl sites for hydroxylation is 1. The number of nitrogens with two attached hydrogens (primary N) is 1. The lowest BCUT2D eigenvalue weighted by Crippen LogP contribution is -2.33. The maximum atomic E-state index is 13.2. The lowest BCUT2D eigenvalue weighted by Gasteiger charge is -2.32. The van der Waals surface area contributed by atoms with Crippen molar-refractivity contribution in [3.05, 3.63) is 41.0 Å². The van der Waals surface area contributed by atoms with Gasteiger partial charge in [-0.05, 0) is 63.4 Å². The number of carbonyl (C=O) groups is 1. The van der Waals surface area contributed by atoms with Crippen LogP contribution in [0.3, 0.4) is 0 Å². The van der Waals surface area contributed by atoms with Crippen molar-refractivity contribution in [2.45, 2.75) is 32.6 Å². The molecule has 2 N–H and O–H groups in total. The number of benzene rings is 1. The van der Waals surface area contributed by atoms with E-state index in [4.69, 9.17) is 10.7 Å². The van der Waals surface area contributed by atoms with E-state index in [0.29, 0.717) is 11.6 Å². The van der Waals surface area contributed by atoms with Crippen molar-refractivity contribution in [3.63, 3.8) is 0 Å². The molecular weight excluding hydrogens is 378 g/mol. The predicted octanol–water partition coefficient (Wildman–Crippen LogP) is 2.53. The van der Waals surface area contributed by atoms with E-state index in [1.165, 1.54) is 6.33 Å². The second-order valence-electron chi connectivity index (χ2n) is 8.47. The Labute approximate surface area is 176 Å². The molecule has 1 saturated heterocycles. The molecule has 0 spiro atoms. The molecule has 0 radical (unpaired) electrons. The Balaban J connectivity index is 2.00. The van der Waals surface area contributed by atoms with Crippen LogP contribution in [0.2, 0.25) is 0 Å². The number of likely N-dealkylation sites (tertiary alicyclic amines) is 1. The van der Waals surface area contributed by atoms with Crippen LogP contribution >= 0.6 is 0 Å². The highest BCUT2D eigenvalue weighted by Crippen LogP contribution is 2.37. The molecule has 3 heterocycles.